The Morgan fingerprint density at radius 3 is 2.58 bits per heavy atom. The summed E-state index contributed by atoms with van der Waals surface area (Å²) in [5.41, 5.74) is 2.57. The van der Waals surface area contributed by atoms with Crippen LogP contribution in [-0.2, 0) is 4.74 Å². The van der Waals surface area contributed by atoms with Gasteiger partial charge in [-0.3, -0.25) is 0 Å². The average molecular weight is 262 g/mol. The zero-order valence-corrected chi connectivity index (χ0v) is 11.6. The number of amides is 2. The minimum absolute atomic E-state index is 0.183. The number of fused-ring (bicyclic) bond motifs is 2. The van der Waals surface area contributed by atoms with Gasteiger partial charge in [0.1, 0.15) is 0 Å². The number of urea groups is 1. The highest BCUT2D eigenvalue weighted by molar-refractivity contribution is 5.75. The van der Waals surface area contributed by atoms with Gasteiger partial charge in [0.2, 0.25) is 0 Å². The molecule has 2 bridgehead atoms. The van der Waals surface area contributed by atoms with Gasteiger partial charge in [0.25, 0.3) is 0 Å². The van der Waals surface area contributed by atoms with E-state index in [1.807, 2.05) is 15.9 Å². The Morgan fingerprint density at radius 2 is 2.00 bits per heavy atom. The number of ether oxygens (including phenoxy) is 1. The first-order valence-corrected chi connectivity index (χ1v) is 7.17. The van der Waals surface area contributed by atoms with Gasteiger partial charge in [0.15, 0.2) is 0 Å². The topological polar surface area (TPSA) is 32.8 Å². The molecule has 0 N–H and O–H groups in total. The van der Waals surface area contributed by atoms with Crippen LogP contribution in [0.15, 0.2) is 23.8 Å². The van der Waals surface area contributed by atoms with Gasteiger partial charge in [-0.1, -0.05) is 18.2 Å². The Balaban J connectivity index is 1.65. The molecular weight excluding hydrogens is 240 g/mol. The van der Waals surface area contributed by atoms with E-state index < -0.39 is 0 Å². The number of morpholine rings is 1. The maximum absolute atomic E-state index is 12.6. The van der Waals surface area contributed by atoms with Crippen LogP contribution in [0.25, 0.3) is 0 Å². The van der Waals surface area contributed by atoms with E-state index in [-0.39, 0.29) is 18.2 Å². The van der Waals surface area contributed by atoms with Gasteiger partial charge in [-0.2, -0.15) is 0 Å². The number of carbonyl (C=O) groups excluding carboxylic acids is 1. The molecule has 3 rings (SSSR count). The molecule has 0 saturated carbocycles. The molecule has 2 atom stereocenters. The fourth-order valence-corrected chi connectivity index (χ4v) is 3.35. The Kier molecular flexibility index (Phi) is 3.35. The predicted molar refractivity (Wildman–Crippen MR) is 74.0 cm³/mol. The lowest BCUT2D eigenvalue weighted by Crippen LogP contribution is -2.52. The summed E-state index contributed by atoms with van der Waals surface area (Å²) in [5, 5.41) is 0. The number of nitrogens with zero attached hydrogens (tertiary/aromatic N) is 2. The highest BCUT2D eigenvalue weighted by Gasteiger charge is 2.37. The van der Waals surface area contributed by atoms with Gasteiger partial charge >= 0.3 is 6.03 Å². The maximum Gasteiger partial charge on any atom is 0.320 e. The summed E-state index contributed by atoms with van der Waals surface area (Å²) in [7, 11) is 0. The molecule has 2 unspecified atom stereocenters. The van der Waals surface area contributed by atoms with Crippen molar-refractivity contribution < 1.29 is 9.53 Å². The van der Waals surface area contributed by atoms with Crippen LogP contribution in [0.2, 0.25) is 0 Å². The smallest absolute Gasteiger partial charge is 0.320 e. The van der Waals surface area contributed by atoms with Crippen molar-refractivity contribution >= 4 is 6.03 Å². The Morgan fingerprint density at radius 1 is 1.32 bits per heavy atom. The van der Waals surface area contributed by atoms with Crippen LogP contribution in [0.3, 0.4) is 0 Å². The molecule has 0 aromatic carbocycles. The number of carbonyl (C=O) groups is 1. The second-order valence-electron chi connectivity index (χ2n) is 5.83. The number of hydrogen-bond acceptors (Lipinski definition) is 2. The number of rotatable bonds is 1. The van der Waals surface area contributed by atoms with Crippen LogP contribution < -0.4 is 0 Å². The van der Waals surface area contributed by atoms with Gasteiger partial charge in [-0.15, -0.1) is 0 Å². The van der Waals surface area contributed by atoms with Crippen molar-refractivity contribution in [1.82, 2.24) is 9.80 Å². The largest absolute Gasteiger partial charge is 0.371 e. The fraction of sp³-hybridized carbons (Fsp3) is 0.667. The lowest BCUT2D eigenvalue weighted by atomic mass is 10.0. The van der Waals surface area contributed by atoms with Gasteiger partial charge in [-0.05, 0) is 31.8 Å². The average Bonchev–Trinajstić information content (AvgIpc) is 2.76. The fourth-order valence-electron chi connectivity index (χ4n) is 3.35. The summed E-state index contributed by atoms with van der Waals surface area (Å²) >= 11 is 0. The van der Waals surface area contributed by atoms with E-state index in [1.54, 1.807) is 0 Å². The first kappa shape index (κ1) is 12.7. The monoisotopic (exact) mass is 262 g/mol. The Labute approximate surface area is 114 Å². The zero-order chi connectivity index (χ0) is 13.4. The van der Waals surface area contributed by atoms with E-state index in [0.29, 0.717) is 0 Å². The lowest BCUT2D eigenvalue weighted by Gasteiger charge is -2.37. The Bertz CT molecular complexity index is 418. The second-order valence-corrected chi connectivity index (χ2v) is 5.83. The molecule has 0 spiro atoms. The van der Waals surface area contributed by atoms with Crippen LogP contribution in [0.1, 0.15) is 26.2 Å². The SMILES string of the molecule is C=CC1=C(C)CN(C(=O)N2CC3CCC(C2)O3)CC1. The van der Waals surface area contributed by atoms with Crippen LogP contribution in [0, 0.1) is 0 Å². The highest BCUT2D eigenvalue weighted by Crippen LogP contribution is 2.27. The summed E-state index contributed by atoms with van der Waals surface area (Å²) in [5.74, 6) is 0. The van der Waals surface area contributed by atoms with Crippen molar-refractivity contribution in [3.8, 4) is 0 Å². The molecule has 2 saturated heterocycles. The summed E-state index contributed by atoms with van der Waals surface area (Å²) in [6.07, 6.45) is 5.60. The molecule has 104 valence electrons. The zero-order valence-electron chi connectivity index (χ0n) is 11.6. The van der Waals surface area contributed by atoms with Crippen LogP contribution in [-0.4, -0.2) is 54.2 Å². The normalized spacial score (nSPS) is 30.8. The van der Waals surface area contributed by atoms with E-state index in [9.17, 15) is 4.79 Å². The van der Waals surface area contributed by atoms with E-state index in [0.717, 1.165) is 45.4 Å². The second kappa shape index (κ2) is 5.00. The minimum atomic E-state index is 0.183. The number of likely N-dealkylation sites (tertiary alicyclic amines) is 1. The third-order valence-electron chi connectivity index (χ3n) is 4.46. The van der Waals surface area contributed by atoms with E-state index in [2.05, 4.69) is 13.5 Å². The number of allylic oxidation sites excluding steroid dienone is 1. The maximum atomic E-state index is 12.6. The first-order chi connectivity index (χ1) is 9.17. The van der Waals surface area contributed by atoms with Crippen molar-refractivity contribution in [3.63, 3.8) is 0 Å². The third-order valence-corrected chi connectivity index (χ3v) is 4.46. The van der Waals surface area contributed by atoms with Gasteiger partial charge in [0, 0.05) is 26.2 Å². The molecule has 2 amide bonds. The van der Waals surface area contributed by atoms with Gasteiger partial charge in [-0.25, -0.2) is 4.79 Å². The van der Waals surface area contributed by atoms with Crippen molar-refractivity contribution in [2.75, 3.05) is 26.2 Å². The van der Waals surface area contributed by atoms with E-state index >= 15 is 0 Å². The molecule has 3 aliphatic rings. The Hall–Kier alpha value is -1.29. The van der Waals surface area contributed by atoms with E-state index in [4.69, 9.17) is 4.74 Å². The molecule has 2 fully saturated rings. The van der Waals surface area contributed by atoms with Crippen molar-refractivity contribution in [1.29, 1.82) is 0 Å². The van der Waals surface area contributed by atoms with Crippen molar-refractivity contribution in [2.24, 2.45) is 0 Å². The van der Waals surface area contributed by atoms with Crippen molar-refractivity contribution in [2.45, 2.75) is 38.4 Å². The predicted octanol–water partition coefficient (Wildman–Crippen LogP) is 2.18. The highest BCUT2D eigenvalue weighted by atomic mass is 16.5. The quantitative estimate of drug-likeness (QED) is 0.725. The molecule has 0 radical (unpaired) electrons. The van der Waals surface area contributed by atoms with Gasteiger partial charge in [0.05, 0.1) is 12.2 Å². The lowest BCUT2D eigenvalue weighted by molar-refractivity contribution is -0.0284. The number of hydrogen-bond donors (Lipinski definition) is 0. The molecule has 3 heterocycles. The molecule has 4 nitrogen and oxygen atoms in total. The molecule has 19 heavy (non-hydrogen) atoms. The molecule has 0 aromatic heterocycles. The molecule has 0 aliphatic carbocycles. The molecule has 4 heteroatoms. The van der Waals surface area contributed by atoms with Gasteiger partial charge < -0.3 is 14.5 Å². The summed E-state index contributed by atoms with van der Waals surface area (Å²) in [4.78, 5) is 16.5. The standard InChI is InChI=1S/C15H22N2O2/c1-3-12-6-7-16(8-11(12)2)15(18)17-9-13-4-5-14(10-17)19-13/h3,13-14H,1,4-10H2,2H3. The molecule has 0 aromatic rings. The van der Waals surface area contributed by atoms with Crippen LogP contribution in [0.4, 0.5) is 4.79 Å². The van der Waals surface area contributed by atoms with Crippen LogP contribution in [0.5, 0.6) is 0 Å². The molecular formula is C15H22N2O2. The third kappa shape index (κ3) is 2.41. The van der Waals surface area contributed by atoms with Crippen molar-refractivity contribution in [3.05, 3.63) is 23.8 Å². The summed E-state index contributed by atoms with van der Waals surface area (Å²) in [6, 6.07) is 0.183. The first-order valence-electron chi connectivity index (χ1n) is 7.17. The van der Waals surface area contributed by atoms with Crippen LogP contribution >= 0.6 is 0 Å². The summed E-state index contributed by atoms with van der Waals surface area (Å²) in [6.45, 7) is 9.02. The minimum Gasteiger partial charge on any atom is -0.371 e. The summed E-state index contributed by atoms with van der Waals surface area (Å²) < 4.78 is 5.79. The van der Waals surface area contributed by atoms with E-state index in [1.165, 1.54) is 11.1 Å². The molecule has 3 aliphatic heterocycles.